The molecule has 0 aliphatic carbocycles. The van der Waals surface area contributed by atoms with Gasteiger partial charge in [0.2, 0.25) is 0 Å². The van der Waals surface area contributed by atoms with Crippen molar-refractivity contribution in [2.45, 2.75) is 354 Å². The molecule has 0 heterocycles. The van der Waals surface area contributed by atoms with Gasteiger partial charge in [0, 0.05) is 19.3 Å². The molecule has 1 atom stereocenters. The molecule has 0 aromatic heterocycles. The molecule has 472 valence electrons. The highest BCUT2D eigenvalue weighted by atomic mass is 16.6. The van der Waals surface area contributed by atoms with E-state index in [4.69, 9.17) is 14.2 Å². The summed E-state index contributed by atoms with van der Waals surface area (Å²) < 4.78 is 16.8. The van der Waals surface area contributed by atoms with Gasteiger partial charge in [0.05, 0.1) is 0 Å². The van der Waals surface area contributed by atoms with Crippen molar-refractivity contribution < 1.29 is 28.6 Å². The van der Waals surface area contributed by atoms with Gasteiger partial charge in [-0.25, -0.2) is 0 Å². The van der Waals surface area contributed by atoms with E-state index in [0.717, 1.165) is 109 Å². The van der Waals surface area contributed by atoms with Crippen LogP contribution in [0.2, 0.25) is 0 Å². The summed E-state index contributed by atoms with van der Waals surface area (Å²) in [6.07, 6.45) is 94.8. The highest BCUT2D eigenvalue weighted by Crippen LogP contribution is 2.17. The molecule has 0 amide bonds. The standard InChI is InChI=1S/C76H132O6/c1-4-7-10-13-16-18-20-22-24-26-28-30-32-34-36-37-38-39-41-42-44-46-48-50-52-54-56-58-60-63-66-69-75(78)81-72-73(71-80-74(77)68-65-62-15-12-9-6-3)82-76(79)70-67-64-61-59-57-55-53-51-49-47-45-43-40-35-33-31-29-27-25-23-21-19-17-14-11-8-5-2/h8,11,17,19-20,22-23,25-26,28-29,31,35,40,45,47,73H,4-7,9-10,12-16,18,21,24,27,30,32-34,36-39,41-44,46,48-72H2,1-3H3/b11-8-,19-17-,22-20-,25-23-,28-26-,31-29-,40-35-,47-45-. The maximum atomic E-state index is 12.9. The highest BCUT2D eigenvalue weighted by Gasteiger charge is 2.19. The monoisotopic (exact) mass is 1140 g/mol. The van der Waals surface area contributed by atoms with Gasteiger partial charge >= 0.3 is 17.9 Å². The van der Waals surface area contributed by atoms with Gasteiger partial charge in [0.15, 0.2) is 6.10 Å². The number of unbranched alkanes of at least 4 members (excludes halogenated alkanes) is 37. The number of hydrogen-bond acceptors (Lipinski definition) is 6. The molecule has 0 aliphatic heterocycles. The molecule has 0 rings (SSSR count). The lowest BCUT2D eigenvalue weighted by Crippen LogP contribution is -2.30. The Morgan fingerprint density at radius 2 is 0.476 bits per heavy atom. The van der Waals surface area contributed by atoms with Crippen LogP contribution in [-0.2, 0) is 28.6 Å². The van der Waals surface area contributed by atoms with Crippen molar-refractivity contribution in [3.8, 4) is 0 Å². The van der Waals surface area contributed by atoms with Crippen LogP contribution in [0.4, 0.5) is 0 Å². The lowest BCUT2D eigenvalue weighted by molar-refractivity contribution is -0.167. The quantitative estimate of drug-likeness (QED) is 0.0261. The predicted molar refractivity (Wildman–Crippen MR) is 357 cm³/mol. The fourth-order valence-electron chi connectivity index (χ4n) is 10.1. The summed E-state index contributed by atoms with van der Waals surface area (Å²) in [7, 11) is 0. The molecule has 0 fully saturated rings. The molecule has 1 unspecified atom stereocenters. The first-order chi connectivity index (χ1) is 40.5. The van der Waals surface area contributed by atoms with Crippen molar-refractivity contribution in [1.82, 2.24) is 0 Å². The van der Waals surface area contributed by atoms with Crippen LogP contribution in [0.1, 0.15) is 348 Å². The number of carbonyl (C=O) groups is 3. The van der Waals surface area contributed by atoms with E-state index in [1.54, 1.807) is 0 Å². The van der Waals surface area contributed by atoms with Crippen molar-refractivity contribution in [3.05, 3.63) is 97.2 Å². The van der Waals surface area contributed by atoms with Crippen LogP contribution < -0.4 is 0 Å². The van der Waals surface area contributed by atoms with Crippen molar-refractivity contribution >= 4 is 17.9 Å². The number of allylic oxidation sites excluding steroid dienone is 16. The third-order valence-corrected chi connectivity index (χ3v) is 15.3. The second-order valence-electron chi connectivity index (χ2n) is 23.4. The molecule has 0 saturated heterocycles. The zero-order chi connectivity index (χ0) is 59.2. The van der Waals surface area contributed by atoms with Gasteiger partial charge in [-0.3, -0.25) is 14.4 Å². The molecular weight excluding hydrogens is 1010 g/mol. The van der Waals surface area contributed by atoms with Gasteiger partial charge in [-0.15, -0.1) is 0 Å². The van der Waals surface area contributed by atoms with Gasteiger partial charge in [-0.2, -0.15) is 0 Å². The van der Waals surface area contributed by atoms with Gasteiger partial charge in [-0.1, -0.05) is 323 Å². The minimum atomic E-state index is -0.779. The van der Waals surface area contributed by atoms with E-state index in [2.05, 4.69) is 118 Å². The van der Waals surface area contributed by atoms with Crippen molar-refractivity contribution in [2.24, 2.45) is 0 Å². The Morgan fingerprint density at radius 1 is 0.256 bits per heavy atom. The number of hydrogen-bond donors (Lipinski definition) is 0. The Kier molecular flexibility index (Phi) is 66.7. The fraction of sp³-hybridized carbons (Fsp3) is 0.750. The number of esters is 3. The van der Waals surface area contributed by atoms with E-state index in [1.165, 1.54) is 199 Å². The van der Waals surface area contributed by atoms with E-state index in [0.29, 0.717) is 19.3 Å². The number of rotatable bonds is 64. The van der Waals surface area contributed by atoms with Crippen LogP contribution in [0.15, 0.2) is 97.2 Å². The van der Waals surface area contributed by atoms with E-state index in [1.807, 2.05) is 0 Å². The fourth-order valence-corrected chi connectivity index (χ4v) is 10.1. The smallest absolute Gasteiger partial charge is 0.306 e. The van der Waals surface area contributed by atoms with Crippen LogP contribution in [0.3, 0.4) is 0 Å². The second-order valence-corrected chi connectivity index (χ2v) is 23.4. The van der Waals surface area contributed by atoms with Crippen LogP contribution in [0, 0.1) is 0 Å². The maximum absolute atomic E-state index is 12.9. The first-order valence-corrected chi connectivity index (χ1v) is 35.2. The zero-order valence-corrected chi connectivity index (χ0v) is 54.2. The molecule has 0 aromatic rings. The summed E-state index contributed by atoms with van der Waals surface area (Å²) in [6.45, 7) is 6.48. The molecule has 0 bridgehead atoms. The van der Waals surface area contributed by atoms with E-state index < -0.39 is 6.10 Å². The summed E-state index contributed by atoms with van der Waals surface area (Å²) in [5, 5.41) is 0. The SMILES string of the molecule is CC/C=C\C/C=C\C/C=C\C/C=C\C/C=C\C/C=C\CCCCCCCCCCC(=O)OC(COC(=O)CCCCCCCC)COC(=O)CCCCCCCCCCCCCCCCCCCCC/C=C\C/C=C\CCCCCCC. The summed E-state index contributed by atoms with van der Waals surface area (Å²) in [6, 6.07) is 0. The third-order valence-electron chi connectivity index (χ3n) is 15.3. The molecular formula is C76H132O6. The van der Waals surface area contributed by atoms with Crippen LogP contribution in [0.25, 0.3) is 0 Å². The van der Waals surface area contributed by atoms with Crippen molar-refractivity contribution in [1.29, 1.82) is 0 Å². The van der Waals surface area contributed by atoms with Crippen molar-refractivity contribution in [2.75, 3.05) is 13.2 Å². The molecule has 0 N–H and O–H groups in total. The van der Waals surface area contributed by atoms with Crippen LogP contribution >= 0.6 is 0 Å². The Labute approximate surface area is 508 Å². The summed E-state index contributed by atoms with van der Waals surface area (Å²) >= 11 is 0. The second kappa shape index (κ2) is 69.8. The minimum absolute atomic E-state index is 0.0776. The van der Waals surface area contributed by atoms with Gasteiger partial charge in [0.25, 0.3) is 0 Å². The summed E-state index contributed by atoms with van der Waals surface area (Å²) in [5.74, 6) is -0.883. The molecule has 0 radical (unpaired) electrons. The average Bonchev–Trinajstić information content (AvgIpc) is 3.47. The lowest BCUT2D eigenvalue weighted by Gasteiger charge is -2.18. The molecule has 0 saturated carbocycles. The van der Waals surface area contributed by atoms with Crippen LogP contribution in [0.5, 0.6) is 0 Å². The van der Waals surface area contributed by atoms with E-state index in [-0.39, 0.29) is 31.1 Å². The molecule has 0 aromatic carbocycles. The number of ether oxygens (including phenoxy) is 3. The highest BCUT2D eigenvalue weighted by molar-refractivity contribution is 5.71. The molecule has 6 nitrogen and oxygen atoms in total. The van der Waals surface area contributed by atoms with Crippen molar-refractivity contribution in [3.63, 3.8) is 0 Å². The normalized spacial score (nSPS) is 12.7. The predicted octanol–water partition coefficient (Wildman–Crippen LogP) is 24.4. The minimum Gasteiger partial charge on any atom is -0.462 e. The van der Waals surface area contributed by atoms with Crippen LogP contribution in [-0.4, -0.2) is 37.2 Å². The molecule has 82 heavy (non-hydrogen) atoms. The molecule has 0 aliphatic rings. The largest absolute Gasteiger partial charge is 0.462 e. The Bertz CT molecular complexity index is 1590. The average molecular weight is 1140 g/mol. The Morgan fingerprint density at radius 3 is 0.744 bits per heavy atom. The van der Waals surface area contributed by atoms with Gasteiger partial charge in [0.1, 0.15) is 13.2 Å². The zero-order valence-electron chi connectivity index (χ0n) is 54.2. The molecule has 6 heteroatoms. The third kappa shape index (κ3) is 67.1. The first kappa shape index (κ1) is 78.3. The summed E-state index contributed by atoms with van der Waals surface area (Å²) in [4.78, 5) is 38.1. The van der Waals surface area contributed by atoms with E-state index in [9.17, 15) is 14.4 Å². The summed E-state index contributed by atoms with van der Waals surface area (Å²) in [5.41, 5.74) is 0. The maximum Gasteiger partial charge on any atom is 0.306 e. The topological polar surface area (TPSA) is 78.9 Å². The Hall–Kier alpha value is -3.67. The first-order valence-electron chi connectivity index (χ1n) is 35.2. The number of carbonyl (C=O) groups excluding carboxylic acids is 3. The van der Waals surface area contributed by atoms with Gasteiger partial charge < -0.3 is 14.2 Å². The Balaban J connectivity index is 4.03. The lowest BCUT2D eigenvalue weighted by atomic mass is 10.0. The molecule has 0 spiro atoms. The van der Waals surface area contributed by atoms with E-state index >= 15 is 0 Å². The van der Waals surface area contributed by atoms with Gasteiger partial charge in [-0.05, 0) is 103 Å².